The Balaban J connectivity index is 1.12. The van der Waals surface area contributed by atoms with Crippen LogP contribution in [-0.2, 0) is 68.5 Å². The Morgan fingerprint density at radius 3 is 1.62 bits per heavy atom. The summed E-state index contributed by atoms with van der Waals surface area (Å²) < 4.78 is 92.3. The Morgan fingerprint density at radius 2 is 1.15 bits per heavy atom. The second-order valence-electron chi connectivity index (χ2n) is 13.3. The molecule has 0 amide bonds. The fraction of sp³-hybridized carbons (Fsp3) is 0.600. The van der Waals surface area contributed by atoms with E-state index in [0.717, 1.165) is 15.5 Å². The maximum absolute atomic E-state index is 12.7. The zero-order valence-corrected chi connectivity index (χ0v) is 34.6. The SMILES string of the molecule is CC(C)OP(=O)([O-])OC1[C@@H](COP(=O)([O-])OP(=O)([O-])OP(=O)([O-])OC[C@H]2O[C@@H]([n+]3cn(C)c4c([O-])nc(N)nc43)C(O)C2O)O[C@@H]([n+]2cn(C)c3c([O-])nc(N)nc32)[C@H]1O. The summed E-state index contributed by atoms with van der Waals surface area (Å²) in [4.78, 5) is 65.1. The normalized spacial score (nSPS) is 28.9. The zero-order chi connectivity index (χ0) is 44.4. The van der Waals surface area contributed by atoms with Crippen LogP contribution in [0.15, 0.2) is 12.7 Å². The number of rotatable bonds is 16. The third kappa shape index (κ3) is 9.79. The smallest absolute Gasteiger partial charge is 0.309 e. The van der Waals surface area contributed by atoms with Crippen LogP contribution in [0.2, 0.25) is 0 Å². The van der Waals surface area contributed by atoms with Crippen LogP contribution in [0.3, 0.4) is 0 Å². The molecule has 6 heterocycles. The molecule has 12 atom stereocenters. The van der Waals surface area contributed by atoms with Gasteiger partial charge in [0.2, 0.25) is 12.5 Å². The van der Waals surface area contributed by atoms with Crippen LogP contribution in [0.5, 0.6) is 11.8 Å². The molecular formula is C25H34N10O21P4-4. The summed E-state index contributed by atoms with van der Waals surface area (Å²) in [5, 5.41) is 57.1. The van der Waals surface area contributed by atoms with Crippen molar-refractivity contribution in [2.75, 3.05) is 24.7 Å². The number of anilines is 2. The highest BCUT2D eigenvalue weighted by Gasteiger charge is 2.51. The van der Waals surface area contributed by atoms with Crippen LogP contribution >= 0.6 is 31.3 Å². The molecule has 334 valence electrons. The van der Waals surface area contributed by atoms with E-state index in [2.05, 4.69) is 37.6 Å². The van der Waals surface area contributed by atoms with Gasteiger partial charge < -0.3 is 84.1 Å². The molecule has 0 radical (unpaired) electrons. The number of aromatic nitrogens is 8. The monoisotopic (exact) mass is 934 g/mol. The molecule has 4 aromatic rings. The predicted octanol–water partition coefficient (Wildman–Crippen LogP) is -6.54. The standard InChI is InChI=1S/C25H38N10O21P4/c1-9(2)53-59(45,46)54-17-11(52-23(16(17)38)35-8-33(4)13-19(35)29-25(27)31-21(13)40)6-50-58(43,44)56-60(47,48)55-57(41,42)49-5-10-14(36)15(37)22(51-10)34-7-32(3)12-18(34)28-24(26)30-20(12)39/h7-11,14-17,22-23,36-38H,5-6H2,1-4H3,(H8-2,26,27,28,29,30,31,39,40,41,42,43,44,45,46,47,48)/p-4/t10-,11-,14?,15?,16+,17?,22-,23-/m1/s1. The van der Waals surface area contributed by atoms with E-state index in [4.69, 9.17) is 30.0 Å². The lowest BCUT2D eigenvalue weighted by atomic mass is 10.1. The third-order valence-electron chi connectivity index (χ3n) is 8.47. The number of fused-ring (bicyclic) bond motifs is 2. The number of hydrogen-bond donors (Lipinski definition) is 5. The fourth-order valence-electron chi connectivity index (χ4n) is 6.20. The first kappa shape index (κ1) is 46.1. The average molecular weight is 934 g/mol. The van der Waals surface area contributed by atoms with E-state index >= 15 is 0 Å². The second kappa shape index (κ2) is 16.7. The van der Waals surface area contributed by atoms with Crippen molar-refractivity contribution in [2.24, 2.45) is 14.1 Å². The van der Waals surface area contributed by atoms with Crippen LogP contribution in [0.4, 0.5) is 11.9 Å². The summed E-state index contributed by atoms with van der Waals surface area (Å²) in [5.74, 6) is -2.60. The predicted molar refractivity (Wildman–Crippen MR) is 177 cm³/mol. The molecule has 0 bridgehead atoms. The van der Waals surface area contributed by atoms with Crippen LogP contribution in [0.1, 0.15) is 26.3 Å². The van der Waals surface area contributed by atoms with Crippen molar-refractivity contribution in [1.82, 2.24) is 29.1 Å². The minimum Gasteiger partial charge on any atom is -0.856 e. The molecule has 0 aromatic carbocycles. The number of imidazole rings is 2. The van der Waals surface area contributed by atoms with Crippen molar-refractivity contribution < 1.29 is 109 Å². The molecule has 7 N–H and O–H groups in total. The van der Waals surface area contributed by atoms with Crippen molar-refractivity contribution >= 4 is 65.5 Å². The Labute approximate surface area is 335 Å². The summed E-state index contributed by atoms with van der Waals surface area (Å²) in [6, 6.07) is 0. The summed E-state index contributed by atoms with van der Waals surface area (Å²) >= 11 is 0. The molecule has 6 rings (SSSR count). The molecule has 31 nitrogen and oxygen atoms in total. The lowest BCUT2D eigenvalue weighted by Crippen LogP contribution is -2.46. The van der Waals surface area contributed by atoms with E-state index in [1.165, 1.54) is 43.4 Å². The molecule has 2 aliphatic heterocycles. The van der Waals surface area contributed by atoms with Crippen LogP contribution in [-0.4, -0.2) is 100 Å². The van der Waals surface area contributed by atoms with E-state index in [9.17, 15) is 63.4 Å². The molecule has 0 spiro atoms. The maximum atomic E-state index is 12.7. The van der Waals surface area contributed by atoms with E-state index in [0.29, 0.717) is 0 Å². The number of nitrogens with zero attached hydrogens (tertiary/aromatic N) is 8. The molecule has 0 saturated carbocycles. The van der Waals surface area contributed by atoms with Gasteiger partial charge in [0.05, 0.1) is 33.4 Å². The topological polar surface area (TPSA) is 462 Å². The number of aliphatic hydroxyl groups is 3. The molecular weight excluding hydrogens is 900 g/mol. The molecule has 60 heavy (non-hydrogen) atoms. The minimum atomic E-state index is -6.52. The number of nitrogens with two attached hydrogens (primary N) is 2. The minimum absolute atomic E-state index is 0.0889. The van der Waals surface area contributed by atoms with E-state index < -0.39 is 123 Å². The van der Waals surface area contributed by atoms with Gasteiger partial charge in [-0.15, -0.1) is 0 Å². The first-order valence-electron chi connectivity index (χ1n) is 16.8. The van der Waals surface area contributed by atoms with Crippen molar-refractivity contribution in [2.45, 2.75) is 69.0 Å². The van der Waals surface area contributed by atoms with Gasteiger partial charge in [-0.25, -0.2) is 27.7 Å². The van der Waals surface area contributed by atoms with Gasteiger partial charge in [-0.1, -0.05) is 9.97 Å². The molecule has 7 unspecified atom stereocenters. The molecule has 2 saturated heterocycles. The lowest BCUT2D eigenvalue weighted by molar-refractivity contribution is -0.746. The first-order valence-corrected chi connectivity index (χ1v) is 22.6. The van der Waals surface area contributed by atoms with Crippen molar-refractivity contribution in [3.63, 3.8) is 0 Å². The molecule has 2 aliphatic rings. The third-order valence-corrected chi connectivity index (χ3v) is 13.8. The molecule has 0 aliphatic carbocycles. The van der Waals surface area contributed by atoms with Crippen molar-refractivity contribution in [3.8, 4) is 11.8 Å². The van der Waals surface area contributed by atoms with Gasteiger partial charge in [0.15, 0.2) is 23.7 Å². The lowest BCUT2D eigenvalue weighted by Gasteiger charge is -2.35. The number of ether oxygens (including phenoxy) is 2. The van der Waals surface area contributed by atoms with Crippen molar-refractivity contribution in [3.05, 3.63) is 12.7 Å². The highest BCUT2D eigenvalue weighted by atomic mass is 31.3. The summed E-state index contributed by atoms with van der Waals surface area (Å²) in [7, 11) is -21.4. The van der Waals surface area contributed by atoms with Gasteiger partial charge in [-0.2, -0.15) is 0 Å². The number of phosphoric acid groups is 4. The van der Waals surface area contributed by atoms with Gasteiger partial charge in [0.25, 0.3) is 43.2 Å². The summed E-state index contributed by atoms with van der Waals surface area (Å²) in [6.45, 7) is -0.000986. The summed E-state index contributed by atoms with van der Waals surface area (Å²) in [5.41, 5.74) is 10.5. The summed E-state index contributed by atoms with van der Waals surface area (Å²) in [6.07, 6.45) is -13.4. The largest absolute Gasteiger partial charge is 0.856 e. The highest BCUT2D eigenvalue weighted by Crippen LogP contribution is 2.63. The number of aliphatic hydroxyl groups excluding tert-OH is 3. The fourth-order valence-corrected chi connectivity index (χ4v) is 10.7. The highest BCUT2D eigenvalue weighted by molar-refractivity contribution is 7.65. The molecule has 2 fully saturated rings. The number of phosphoric ester groups is 3. The van der Waals surface area contributed by atoms with Crippen LogP contribution in [0, 0.1) is 0 Å². The van der Waals surface area contributed by atoms with Crippen LogP contribution < -0.4 is 50.4 Å². The van der Waals surface area contributed by atoms with Gasteiger partial charge in [-0.05, 0) is 13.8 Å². The van der Waals surface area contributed by atoms with Gasteiger partial charge in [-0.3, -0.25) is 27.4 Å². The van der Waals surface area contributed by atoms with E-state index in [-0.39, 0.29) is 22.3 Å². The zero-order valence-electron chi connectivity index (χ0n) is 31.0. The Kier molecular flexibility index (Phi) is 12.9. The number of aryl methyl sites for hydroxylation is 2. The van der Waals surface area contributed by atoms with Gasteiger partial charge >= 0.3 is 11.3 Å². The number of nitrogen functional groups attached to an aromatic ring is 2. The molecule has 35 heteroatoms. The maximum Gasteiger partial charge on any atom is 0.309 e. The quantitative estimate of drug-likeness (QED) is 0.0515. The average Bonchev–Trinajstić information content (AvgIpc) is 3.78. The Bertz CT molecular complexity index is 2470. The van der Waals surface area contributed by atoms with Gasteiger partial charge in [0.1, 0.15) is 36.6 Å². The molecule has 4 aromatic heterocycles. The van der Waals surface area contributed by atoms with Crippen molar-refractivity contribution in [1.29, 1.82) is 0 Å². The van der Waals surface area contributed by atoms with Gasteiger partial charge in [0, 0.05) is 11.8 Å². The Hall–Kier alpha value is -3.38. The first-order chi connectivity index (χ1) is 27.7. The second-order valence-corrected chi connectivity index (χ2v) is 19.1. The van der Waals surface area contributed by atoms with Crippen LogP contribution in [0.25, 0.3) is 22.3 Å². The van der Waals surface area contributed by atoms with E-state index in [1.807, 2.05) is 0 Å². The van der Waals surface area contributed by atoms with E-state index in [1.54, 1.807) is 0 Å². The number of hydrogen-bond acceptors (Lipinski definition) is 27. The Morgan fingerprint density at radius 1 is 0.717 bits per heavy atom.